The average Bonchev–Trinajstić information content (AvgIpc) is 3.03. The molecule has 3 rings (SSSR count). The van der Waals surface area contributed by atoms with E-state index in [2.05, 4.69) is 15.1 Å². The molecule has 0 aromatic heterocycles. The summed E-state index contributed by atoms with van der Waals surface area (Å²) in [4.78, 5) is 17.0. The fraction of sp³-hybridized carbons (Fsp3) is 0.941. The number of nitrogens with zero attached hydrogens (tertiary/aromatic N) is 2. The Kier molecular flexibility index (Phi) is 6.10. The highest BCUT2D eigenvalue weighted by Gasteiger charge is 2.28. The lowest BCUT2D eigenvalue weighted by Crippen LogP contribution is -2.40. The van der Waals surface area contributed by atoms with Gasteiger partial charge in [-0.2, -0.15) is 0 Å². The molecule has 126 valence electrons. The molecule has 3 saturated heterocycles. The lowest BCUT2D eigenvalue weighted by Gasteiger charge is -2.29. The van der Waals surface area contributed by atoms with Crippen molar-refractivity contribution in [2.75, 3.05) is 59.0 Å². The van der Waals surface area contributed by atoms with Crippen molar-refractivity contribution in [1.29, 1.82) is 0 Å². The van der Waals surface area contributed by atoms with Crippen LogP contribution in [0.5, 0.6) is 0 Å². The van der Waals surface area contributed by atoms with Gasteiger partial charge in [0.05, 0.1) is 13.2 Å². The molecule has 3 heterocycles. The molecule has 0 spiro atoms. The van der Waals surface area contributed by atoms with Gasteiger partial charge in [0.25, 0.3) is 0 Å². The van der Waals surface area contributed by atoms with Crippen LogP contribution in [0, 0.1) is 11.8 Å². The summed E-state index contributed by atoms with van der Waals surface area (Å²) in [5.41, 5.74) is 0. The van der Waals surface area contributed by atoms with Crippen molar-refractivity contribution in [3.05, 3.63) is 0 Å². The van der Waals surface area contributed by atoms with Crippen LogP contribution in [0.4, 0.5) is 0 Å². The number of amides is 1. The third-order valence-corrected chi connectivity index (χ3v) is 5.48. The third kappa shape index (κ3) is 4.67. The highest BCUT2D eigenvalue weighted by molar-refractivity contribution is 5.76. The van der Waals surface area contributed by atoms with Crippen LogP contribution in [0.1, 0.15) is 32.1 Å². The van der Waals surface area contributed by atoms with Crippen molar-refractivity contribution in [2.45, 2.75) is 32.1 Å². The second-order valence-corrected chi connectivity index (χ2v) is 7.14. The van der Waals surface area contributed by atoms with Crippen molar-refractivity contribution in [3.63, 3.8) is 0 Å². The molecule has 0 aromatic carbocycles. The van der Waals surface area contributed by atoms with Gasteiger partial charge in [0.1, 0.15) is 0 Å². The molecule has 0 bridgehead atoms. The maximum atomic E-state index is 12.4. The molecule has 0 aromatic rings. The molecule has 1 unspecified atom stereocenters. The summed E-state index contributed by atoms with van der Waals surface area (Å²) >= 11 is 0. The molecule has 3 aliphatic heterocycles. The number of likely N-dealkylation sites (tertiary alicyclic amines) is 1. The summed E-state index contributed by atoms with van der Waals surface area (Å²) in [6.45, 7) is 9.19. The maximum absolute atomic E-state index is 12.4. The van der Waals surface area contributed by atoms with Gasteiger partial charge in [-0.05, 0) is 50.6 Å². The Morgan fingerprint density at radius 1 is 1.05 bits per heavy atom. The molecule has 5 nitrogen and oxygen atoms in total. The molecule has 0 radical (unpaired) electrons. The number of hydrogen-bond donors (Lipinski definition) is 1. The zero-order chi connectivity index (χ0) is 15.2. The lowest BCUT2D eigenvalue weighted by molar-refractivity contribution is -0.130. The number of piperidine rings is 1. The van der Waals surface area contributed by atoms with E-state index in [-0.39, 0.29) is 0 Å². The Hall–Kier alpha value is -0.650. The van der Waals surface area contributed by atoms with E-state index in [1.165, 1.54) is 19.3 Å². The van der Waals surface area contributed by atoms with E-state index in [4.69, 9.17) is 4.74 Å². The highest BCUT2D eigenvalue weighted by Crippen LogP contribution is 2.22. The highest BCUT2D eigenvalue weighted by atomic mass is 16.5. The Balaban J connectivity index is 1.35. The zero-order valence-corrected chi connectivity index (χ0v) is 13.8. The van der Waals surface area contributed by atoms with E-state index in [0.29, 0.717) is 11.8 Å². The van der Waals surface area contributed by atoms with Gasteiger partial charge in [-0.15, -0.1) is 0 Å². The normalized spacial score (nSPS) is 28.2. The average molecular weight is 309 g/mol. The maximum Gasteiger partial charge on any atom is 0.222 e. The summed E-state index contributed by atoms with van der Waals surface area (Å²) in [5.74, 6) is 1.82. The molecule has 3 aliphatic rings. The SMILES string of the molecule is O=C(CCC1CCNCC1)N1CCC(CN2CCOCC2)C1. The number of carbonyl (C=O) groups is 1. The molecule has 1 amide bonds. The molecule has 22 heavy (non-hydrogen) atoms. The quantitative estimate of drug-likeness (QED) is 0.821. The summed E-state index contributed by atoms with van der Waals surface area (Å²) < 4.78 is 5.40. The van der Waals surface area contributed by atoms with E-state index in [1.54, 1.807) is 0 Å². The predicted molar refractivity (Wildman–Crippen MR) is 86.8 cm³/mol. The van der Waals surface area contributed by atoms with E-state index >= 15 is 0 Å². The molecule has 5 heteroatoms. The monoisotopic (exact) mass is 309 g/mol. The Labute approximate surface area is 134 Å². The van der Waals surface area contributed by atoms with Gasteiger partial charge in [-0.25, -0.2) is 0 Å². The van der Waals surface area contributed by atoms with Gasteiger partial charge >= 0.3 is 0 Å². The fourth-order valence-electron chi connectivity index (χ4n) is 4.01. The van der Waals surface area contributed by atoms with Crippen LogP contribution in [-0.4, -0.2) is 74.7 Å². The number of hydrogen-bond acceptors (Lipinski definition) is 4. The predicted octanol–water partition coefficient (Wildman–Crippen LogP) is 0.947. The van der Waals surface area contributed by atoms with Crippen LogP contribution in [0.25, 0.3) is 0 Å². The first-order chi connectivity index (χ1) is 10.8. The Bertz CT molecular complexity index is 352. The van der Waals surface area contributed by atoms with Crippen LogP contribution in [0.15, 0.2) is 0 Å². The van der Waals surface area contributed by atoms with Crippen molar-refractivity contribution < 1.29 is 9.53 Å². The Morgan fingerprint density at radius 2 is 1.82 bits per heavy atom. The number of rotatable bonds is 5. The van der Waals surface area contributed by atoms with E-state index < -0.39 is 0 Å². The van der Waals surface area contributed by atoms with Gasteiger partial charge in [-0.1, -0.05) is 0 Å². The Morgan fingerprint density at radius 3 is 2.59 bits per heavy atom. The smallest absolute Gasteiger partial charge is 0.222 e. The number of nitrogens with one attached hydrogen (secondary N) is 1. The number of carbonyl (C=O) groups excluding carboxylic acids is 1. The van der Waals surface area contributed by atoms with Crippen LogP contribution >= 0.6 is 0 Å². The molecule has 1 N–H and O–H groups in total. The molecular formula is C17H31N3O2. The van der Waals surface area contributed by atoms with Crippen LogP contribution in [-0.2, 0) is 9.53 Å². The van der Waals surface area contributed by atoms with Crippen molar-refractivity contribution >= 4 is 5.91 Å². The van der Waals surface area contributed by atoms with Crippen molar-refractivity contribution in [1.82, 2.24) is 15.1 Å². The van der Waals surface area contributed by atoms with Gasteiger partial charge in [0.15, 0.2) is 0 Å². The first-order valence-electron chi connectivity index (χ1n) is 9.10. The van der Waals surface area contributed by atoms with Gasteiger partial charge in [-0.3, -0.25) is 9.69 Å². The third-order valence-electron chi connectivity index (χ3n) is 5.48. The summed E-state index contributed by atoms with van der Waals surface area (Å²) in [6, 6.07) is 0. The lowest BCUT2D eigenvalue weighted by atomic mass is 9.93. The van der Waals surface area contributed by atoms with Crippen LogP contribution < -0.4 is 5.32 Å². The molecular weight excluding hydrogens is 278 g/mol. The molecule has 1 atom stereocenters. The first kappa shape index (κ1) is 16.2. The summed E-state index contributed by atoms with van der Waals surface area (Å²) in [7, 11) is 0. The van der Waals surface area contributed by atoms with E-state index in [9.17, 15) is 4.79 Å². The number of ether oxygens (including phenoxy) is 1. The zero-order valence-electron chi connectivity index (χ0n) is 13.8. The fourth-order valence-corrected chi connectivity index (χ4v) is 4.01. The molecule has 3 fully saturated rings. The summed E-state index contributed by atoms with van der Waals surface area (Å²) in [5, 5.41) is 3.39. The second-order valence-electron chi connectivity index (χ2n) is 7.14. The number of morpholine rings is 1. The first-order valence-corrected chi connectivity index (χ1v) is 9.10. The van der Waals surface area contributed by atoms with Gasteiger partial charge < -0.3 is 15.0 Å². The second kappa shape index (κ2) is 8.27. The minimum atomic E-state index is 0.392. The van der Waals surface area contributed by atoms with Crippen LogP contribution in [0.2, 0.25) is 0 Å². The standard InChI is InChI=1S/C17H31N3O2/c21-17(2-1-15-3-6-18-7-4-15)20-8-5-16(14-20)13-19-9-11-22-12-10-19/h15-16,18H,1-14H2. The largest absolute Gasteiger partial charge is 0.379 e. The van der Waals surface area contributed by atoms with Gasteiger partial charge in [0.2, 0.25) is 5.91 Å². The van der Waals surface area contributed by atoms with E-state index in [0.717, 1.165) is 77.8 Å². The van der Waals surface area contributed by atoms with Crippen molar-refractivity contribution in [2.24, 2.45) is 11.8 Å². The van der Waals surface area contributed by atoms with Crippen LogP contribution in [0.3, 0.4) is 0 Å². The molecule has 0 aliphatic carbocycles. The minimum absolute atomic E-state index is 0.392. The van der Waals surface area contributed by atoms with Crippen molar-refractivity contribution in [3.8, 4) is 0 Å². The molecule has 0 saturated carbocycles. The topological polar surface area (TPSA) is 44.8 Å². The van der Waals surface area contributed by atoms with Gasteiger partial charge in [0, 0.05) is 39.1 Å². The van der Waals surface area contributed by atoms with E-state index in [1.807, 2.05) is 0 Å². The summed E-state index contributed by atoms with van der Waals surface area (Å²) in [6.07, 6.45) is 5.51. The minimum Gasteiger partial charge on any atom is -0.379 e.